The van der Waals surface area contributed by atoms with Gasteiger partial charge >= 0.3 is 0 Å². The fourth-order valence-corrected chi connectivity index (χ4v) is 4.33. The summed E-state index contributed by atoms with van der Waals surface area (Å²) in [4.78, 5) is 21.1. The number of hydrogen-bond acceptors (Lipinski definition) is 5. The van der Waals surface area contributed by atoms with Gasteiger partial charge in [-0.2, -0.15) is 5.26 Å². The quantitative estimate of drug-likeness (QED) is 0.620. The van der Waals surface area contributed by atoms with Crippen LogP contribution in [0.5, 0.6) is 0 Å². The minimum atomic E-state index is 0.0554. The number of rotatable bonds is 3. The summed E-state index contributed by atoms with van der Waals surface area (Å²) in [5, 5.41) is 12.0. The molecule has 1 fully saturated rings. The molecule has 1 aromatic carbocycles. The van der Waals surface area contributed by atoms with E-state index in [2.05, 4.69) is 42.3 Å². The Hall–Kier alpha value is -3.46. The standard InChI is InChI=1S/C23H24N4O.C2H3N/c1-12-3-8-17-16(12)7-4-13(2)21(17)19-9-15-10-20(27-23(28)14-5-6-14)25-11-18(15)22(24)26-19;1-2-3/h4,7,9-12,14H,3,5-6,8H2,1-2H3,(H2,24,26)(H,25,27,28);1H3. The number of carbonyl (C=O) groups is 1. The lowest BCUT2D eigenvalue weighted by atomic mass is 9.93. The third-order valence-electron chi connectivity index (χ3n) is 6.12. The van der Waals surface area contributed by atoms with Crippen molar-refractivity contribution in [3.63, 3.8) is 0 Å². The maximum atomic E-state index is 12.1. The van der Waals surface area contributed by atoms with Crippen LogP contribution in [0.4, 0.5) is 11.6 Å². The van der Waals surface area contributed by atoms with Gasteiger partial charge in [0.2, 0.25) is 5.91 Å². The Morgan fingerprint density at radius 2 is 2.00 bits per heavy atom. The molecule has 6 nitrogen and oxygen atoms in total. The number of pyridine rings is 2. The predicted octanol–water partition coefficient (Wildman–Crippen LogP) is 5.12. The molecule has 5 rings (SSSR count). The Balaban J connectivity index is 0.000000730. The summed E-state index contributed by atoms with van der Waals surface area (Å²) in [5.74, 6) is 1.83. The second-order valence-corrected chi connectivity index (χ2v) is 8.44. The summed E-state index contributed by atoms with van der Waals surface area (Å²) in [6.07, 6.45) is 5.89. The number of aryl methyl sites for hydroxylation is 1. The number of anilines is 2. The topological polar surface area (TPSA) is 105 Å². The summed E-state index contributed by atoms with van der Waals surface area (Å²) in [6, 6.07) is 10.2. The summed E-state index contributed by atoms with van der Waals surface area (Å²) < 4.78 is 0. The monoisotopic (exact) mass is 413 g/mol. The smallest absolute Gasteiger partial charge is 0.228 e. The van der Waals surface area contributed by atoms with Crippen LogP contribution in [0.3, 0.4) is 0 Å². The maximum absolute atomic E-state index is 12.1. The van der Waals surface area contributed by atoms with E-state index in [9.17, 15) is 4.79 Å². The molecule has 158 valence electrons. The average Bonchev–Trinajstić information content (AvgIpc) is 3.52. The largest absolute Gasteiger partial charge is 0.383 e. The van der Waals surface area contributed by atoms with Gasteiger partial charge in [0.15, 0.2) is 0 Å². The van der Waals surface area contributed by atoms with E-state index < -0.39 is 0 Å². The highest BCUT2D eigenvalue weighted by molar-refractivity contribution is 5.98. The highest BCUT2D eigenvalue weighted by atomic mass is 16.2. The van der Waals surface area contributed by atoms with E-state index >= 15 is 0 Å². The zero-order chi connectivity index (χ0) is 22.1. The van der Waals surface area contributed by atoms with E-state index in [1.54, 1.807) is 12.3 Å². The number of nitrogens with two attached hydrogens (primary N) is 1. The number of nitrogens with zero attached hydrogens (tertiary/aromatic N) is 3. The Kier molecular flexibility index (Phi) is 5.60. The van der Waals surface area contributed by atoms with Crippen LogP contribution >= 0.6 is 0 Å². The number of nitriles is 1. The van der Waals surface area contributed by atoms with Crippen molar-refractivity contribution in [1.82, 2.24) is 9.97 Å². The highest BCUT2D eigenvalue weighted by Gasteiger charge is 2.30. The van der Waals surface area contributed by atoms with Crippen molar-refractivity contribution in [3.8, 4) is 17.3 Å². The third-order valence-corrected chi connectivity index (χ3v) is 6.12. The van der Waals surface area contributed by atoms with Crippen molar-refractivity contribution in [2.45, 2.75) is 52.4 Å². The zero-order valence-corrected chi connectivity index (χ0v) is 18.2. The molecule has 1 amide bonds. The number of fused-ring (bicyclic) bond motifs is 2. The lowest BCUT2D eigenvalue weighted by molar-refractivity contribution is -0.117. The van der Waals surface area contributed by atoms with Gasteiger partial charge in [0.25, 0.3) is 0 Å². The minimum absolute atomic E-state index is 0.0554. The minimum Gasteiger partial charge on any atom is -0.383 e. The van der Waals surface area contributed by atoms with E-state index in [-0.39, 0.29) is 11.8 Å². The Bertz CT molecular complexity index is 1210. The SMILES string of the molecule is CC#N.Cc1ccc2c(c1-c1cc3cc(NC(=O)C4CC4)ncc3c(N)n1)CCC2C. The van der Waals surface area contributed by atoms with Crippen molar-refractivity contribution < 1.29 is 4.79 Å². The first kappa shape index (κ1) is 20.8. The second kappa shape index (κ2) is 8.35. The summed E-state index contributed by atoms with van der Waals surface area (Å²) in [7, 11) is 0. The van der Waals surface area contributed by atoms with Crippen LogP contribution in [-0.4, -0.2) is 15.9 Å². The van der Waals surface area contributed by atoms with Gasteiger partial charge < -0.3 is 11.1 Å². The first-order valence-electron chi connectivity index (χ1n) is 10.7. The lowest BCUT2D eigenvalue weighted by Gasteiger charge is -2.15. The van der Waals surface area contributed by atoms with Crippen molar-refractivity contribution >= 4 is 28.3 Å². The first-order chi connectivity index (χ1) is 14.9. The molecular weight excluding hydrogens is 386 g/mol. The fraction of sp³-hybridized carbons (Fsp3) is 0.360. The highest BCUT2D eigenvalue weighted by Crippen LogP contribution is 2.41. The van der Waals surface area contributed by atoms with E-state index in [4.69, 9.17) is 16.0 Å². The second-order valence-electron chi connectivity index (χ2n) is 8.44. The number of nitrogens with one attached hydrogen (secondary N) is 1. The molecule has 3 aromatic rings. The van der Waals surface area contributed by atoms with E-state index in [1.165, 1.54) is 35.6 Å². The van der Waals surface area contributed by atoms with Crippen molar-refractivity contribution in [2.24, 2.45) is 5.92 Å². The number of aromatic nitrogens is 2. The summed E-state index contributed by atoms with van der Waals surface area (Å²) >= 11 is 0. The molecule has 6 heteroatoms. The maximum Gasteiger partial charge on any atom is 0.228 e. The van der Waals surface area contributed by atoms with Crippen LogP contribution in [-0.2, 0) is 11.2 Å². The molecule has 3 N–H and O–H groups in total. The van der Waals surface area contributed by atoms with Crippen LogP contribution < -0.4 is 11.1 Å². The molecule has 2 aromatic heterocycles. The third kappa shape index (κ3) is 4.09. The molecule has 2 aliphatic carbocycles. The molecule has 1 atom stereocenters. The molecule has 2 aliphatic rings. The Labute approximate surface area is 182 Å². The van der Waals surface area contributed by atoms with E-state index in [1.807, 2.05) is 6.07 Å². The zero-order valence-electron chi connectivity index (χ0n) is 18.2. The summed E-state index contributed by atoms with van der Waals surface area (Å²) in [6.45, 7) is 5.85. The van der Waals surface area contributed by atoms with Crippen LogP contribution in [0.15, 0.2) is 30.5 Å². The number of benzene rings is 1. The van der Waals surface area contributed by atoms with Gasteiger partial charge in [-0.25, -0.2) is 9.97 Å². The van der Waals surface area contributed by atoms with Crippen LogP contribution in [0.1, 0.15) is 55.7 Å². The number of hydrogen-bond donors (Lipinski definition) is 2. The van der Waals surface area contributed by atoms with E-state index in [0.29, 0.717) is 17.6 Å². The van der Waals surface area contributed by atoms with Gasteiger partial charge in [-0.1, -0.05) is 19.1 Å². The fourth-order valence-electron chi connectivity index (χ4n) is 4.33. The van der Waals surface area contributed by atoms with Gasteiger partial charge in [-0.15, -0.1) is 0 Å². The molecule has 2 heterocycles. The molecule has 0 bridgehead atoms. The molecule has 1 saturated carbocycles. The van der Waals surface area contributed by atoms with Crippen LogP contribution in [0.25, 0.3) is 22.0 Å². The Morgan fingerprint density at radius 1 is 1.26 bits per heavy atom. The van der Waals surface area contributed by atoms with Gasteiger partial charge in [0.1, 0.15) is 11.6 Å². The molecule has 0 spiro atoms. The molecule has 0 aliphatic heterocycles. The number of nitrogen functional groups attached to an aromatic ring is 1. The van der Waals surface area contributed by atoms with Crippen LogP contribution in [0.2, 0.25) is 0 Å². The molecule has 1 unspecified atom stereocenters. The molecule has 31 heavy (non-hydrogen) atoms. The average molecular weight is 414 g/mol. The van der Waals surface area contributed by atoms with Crippen LogP contribution in [0, 0.1) is 24.2 Å². The summed E-state index contributed by atoms with van der Waals surface area (Å²) in [5.41, 5.74) is 12.4. The molecular formula is C25H27N5O. The molecule has 0 saturated heterocycles. The van der Waals surface area contributed by atoms with Crippen molar-refractivity contribution in [1.29, 1.82) is 5.26 Å². The number of amides is 1. The Morgan fingerprint density at radius 3 is 2.71 bits per heavy atom. The predicted molar refractivity (Wildman–Crippen MR) is 124 cm³/mol. The lowest BCUT2D eigenvalue weighted by Crippen LogP contribution is -2.14. The van der Waals surface area contributed by atoms with Crippen molar-refractivity contribution in [3.05, 3.63) is 47.2 Å². The van der Waals surface area contributed by atoms with Crippen molar-refractivity contribution in [2.75, 3.05) is 11.1 Å². The van der Waals surface area contributed by atoms with Gasteiger partial charge in [0, 0.05) is 30.0 Å². The van der Waals surface area contributed by atoms with Gasteiger partial charge in [-0.05, 0) is 72.7 Å². The number of carbonyl (C=O) groups excluding carboxylic acids is 1. The first-order valence-corrected chi connectivity index (χ1v) is 10.7. The normalized spacial score (nSPS) is 16.8. The van der Waals surface area contributed by atoms with Gasteiger partial charge in [0.05, 0.1) is 11.8 Å². The van der Waals surface area contributed by atoms with Gasteiger partial charge in [-0.3, -0.25) is 4.79 Å². The molecule has 0 radical (unpaired) electrons. The van der Waals surface area contributed by atoms with E-state index in [0.717, 1.165) is 35.7 Å².